The molecule has 8 rings (SSSR count). The van der Waals surface area contributed by atoms with Crippen molar-refractivity contribution in [3.63, 3.8) is 0 Å². The molecule has 0 atom stereocenters. The zero-order valence-electron chi connectivity index (χ0n) is 25.7. The van der Waals surface area contributed by atoms with Crippen LogP contribution in [0.25, 0.3) is 50.8 Å². The van der Waals surface area contributed by atoms with Crippen LogP contribution >= 0.6 is 0 Å². The summed E-state index contributed by atoms with van der Waals surface area (Å²) in [4.78, 5) is 0. The lowest BCUT2D eigenvalue weighted by atomic mass is 9.39. The van der Waals surface area contributed by atoms with Gasteiger partial charge in [0.2, 0.25) is 6.71 Å². The lowest BCUT2D eigenvalue weighted by Gasteiger charge is -2.11. The molecule has 0 spiro atoms. The quantitative estimate of drug-likeness (QED) is 0.149. The molecule has 210 valence electrons. The lowest BCUT2D eigenvalue weighted by molar-refractivity contribution is 1.18. The molecule has 1 aromatic heterocycles. The molecular formula is C42H34BN. The Balaban J connectivity index is 1.08. The fourth-order valence-electron chi connectivity index (χ4n) is 7.09. The number of nitrogens with zero attached hydrogens (tertiary/aromatic N) is 1. The third kappa shape index (κ3) is 4.41. The molecule has 44 heavy (non-hydrogen) atoms. The summed E-state index contributed by atoms with van der Waals surface area (Å²) in [6.45, 7) is 8.98. The number of aromatic nitrogens is 1. The highest BCUT2D eigenvalue weighted by Crippen LogP contribution is 2.33. The van der Waals surface area contributed by atoms with Gasteiger partial charge in [-0.25, -0.2) is 0 Å². The number of hydrogen-bond acceptors (Lipinski definition) is 0. The average molecular weight is 564 g/mol. The third-order valence-electron chi connectivity index (χ3n) is 9.30. The maximum atomic E-state index is 2.39. The monoisotopic (exact) mass is 563 g/mol. The van der Waals surface area contributed by atoms with Gasteiger partial charge in [-0.05, 0) is 86.3 Å². The van der Waals surface area contributed by atoms with Crippen LogP contribution in [0.15, 0.2) is 121 Å². The maximum Gasteiger partial charge on any atom is 0.242 e. The van der Waals surface area contributed by atoms with Crippen molar-refractivity contribution >= 4 is 57.1 Å². The molecule has 1 aliphatic rings. The van der Waals surface area contributed by atoms with Gasteiger partial charge in [-0.15, -0.1) is 0 Å². The first-order chi connectivity index (χ1) is 21.4. The van der Waals surface area contributed by atoms with Crippen molar-refractivity contribution in [2.75, 3.05) is 0 Å². The van der Waals surface area contributed by atoms with E-state index < -0.39 is 0 Å². The van der Waals surface area contributed by atoms with Gasteiger partial charge in [0.05, 0.1) is 11.0 Å². The second kappa shape index (κ2) is 10.3. The minimum atomic E-state index is 0.278. The molecule has 0 aliphatic carbocycles. The van der Waals surface area contributed by atoms with E-state index in [4.69, 9.17) is 0 Å². The Morgan fingerprint density at radius 3 is 1.39 bits per heavy atom. The molecular weight excluding hydrogens is 529 g/mol. The van der Waals surface area contributed by atoms with E-state index in [0.29, 0.717) is 0 Å². The second-order valence-electron chi connectivity index (χ2n) is 12.6. The third-order valence-corrected chi connectivity index (χ3v) is 9.30. The van der Waals surface area contributed by atoms with Gasteiger partial charge >= 0.3 is 0 Å². The van der Waals surface area contributed by atoms with Gasteiger partial charge in [-0.3, -0.25) is 0 Å². The minimum Gasteiger partial charge on any atom is -0.309 e. The predicted molar refractivity (Wildman–Crippen MR) is 192 cm³/mol. The van der Waals surface area contributed by atoms with Crippen molar-refractivity contribution in [3.05, 3.63) is 155 Å². The molecule has 1 nitrogen and oxygen atoms in total. The molecule has 6 aromatic carbocycles. The summed E-state index contributed by atoms with van der Waals surface area (Å²) in [5, 5.41) is 2.62. The van der Waals surface area contributed by atoms with Crippen molar-refractivity contribution in [1.82, 2.24) is 4.57 Å². The van der Waals surface area contributed by atoms with Crippen LogP contribution in [-0.4, -0.2) is 11.3 Å². The molecule has 2 heteroatoms. The summed E-state index contributed by atoms with van der Waals surface area (Å²) in [6.07, 6.45) is 4.43. The number of fused-ring (bicyclic) bond motifs is 6. The fourth-order valence-corrected chi connectivity index (χ4v) is 7.09. The number of benzene rings is 6. The van der Waals surface area contributed by atoms with E-state index in [0.717, 1.165) is 0 Å². The SMILES string of the molecule is Cc1ccc2c(c1)-c1cc(C)ccc1B2c1ccc(/C=C/c2ccc(-n3c4ccc(C)cc4c4cc(C)ccc43)cc2)cc1. The normalized spacial score (nSPS) is 12.4. The largest absolute Gasteiger partial charge is 0.309 e. The van der Waals surface area contributed by atoms with Gasteiger partial charge < -0.3 is 4.57 Å². The summed E-state index contributed by atoms with van der Waals surface area (Å²) in [5.41, 5.74) is 18.2. The van der Waals surface area contributed by atoms with Crippen LogP contribution in [0, 0.1) is 27.7 Å². The molecule has 7 aromatic rings. The van der Waals surface area contributed by atoms with Crippen LogP contribution in [0.3, 0.4) is 0 Å². The minimum absolute atomic E-state index is 0.278. The Morgan fingerprint density at radius 2 is 0.886 bits per heavy atom. The van der Waals surface area contributed by atoms with E-state index in [-0.39, 0.29) is 6.71 Å². The molecule has 2 heterocycles. The Morgan fingerprint density at radius 1 is 0.455 bits per heavy atom. The van der Waals surface area contributed by atoms with Crippen molar-refractivity contribution in [2.45, 2.75) is 27.7 Å². The van der Waals surface area contributed by atoms with Gasteiger partial charge in [0.15, 0.2) is 0 Å². The van der Waals surface area contributed by atoms with E-state index in [1.165, 1.54) is 88.4 Å². The van der Waals surface area contributed by atoms with E-state index in [1.807, 2.05) is 0 Å². The predicted octanol–water partition coefficient (Wildman–Crippen LogP) is 8.68. The van der Waals surface area contributed by atoms with Crippen molar-refractivity contribution < 1.29 is 0 Å². The number of hydrogen-bond donors (Lipinski definition) is 0. The zero-order chi connectivity index (χ0) is 29.9. The second-order valence-corrected chi connectivity index (χ2v) is 12.6. The average Bonchev–Trinajstić information content (AvgIpc) is 3.52. The Kier molecular flexibility index (Phi) is 6.20. The van der Waals surface area contributed by atoms with E-state index in [9.17, 15) is 0 Å². The summed E-state index contributed by atoms with van der Waals surface area (Å²) in [5.74, 6) is 0. The fraction of sp³-hybridized carbons (Fsp3) is 0.0952. The summed E-state index contributed by atoms with van der Waals surface area (Å²) < 4.78 is 2.39. The number of rotatable bonds is 4. The highest BCUT2D eigenvalue weighted by Gasteiger charge is 2.33. The van der Waals surface area contributed by atoms with Crippen LogP contribution in [0.2, 0.25) is 0 Å². The molecule has 0 saturated carbocycles. The van der Waals surface area contributed by atoms with E-state index >= 15 is 0 Å². The van der Waals surface area contributed by atoms with Gasteiger partial charge in [-0.2, -0.15) is 0 Å². The van der Waals surface area contributed by atoms with Crippen molar-refractivity contribution in [2.24, 2.45) is 0 Å². The van der Waals surface area contributed by atoms with Crippen LogP contribution < -0.4 is 16.4 Å². The van der Waals surface area contributed by atoms with Gasteiger partial charge in [-0.1, -0.05) is 136 Å². The van der Waals surface area contributed by atoms with Crippen molar-refractivity contribution in [1.29, 1.82) is 0 Å². The van der Waals surface area contributed by atoms with E-state index in [1.54, 1.807) is 0 Å². The van der Waals surface area contributed by atoms with Crippen LogP contribution in [-0.2, 0) is 0 Å². The summed E-state index contributed by atoms with van der Waals surface area (Å²) >= 11 is 0. The topological polar surface area (TPSA) is 4.93 Å². The van der Waals surface area contributed by atoms with Crippen molar-refractivity contribution in [3.8, 4) is 16.8 Å². The molecule has 0 N–H and O–H groups in total. The molecule has 0 unspecified atom stereocenters. The first-order valence-corrected chi connectivity index (χ1v) is 15.5. The molecule has 1 aliphatic heterocycles. The maximum absolute atomic E-state index is 2.39. The van der Waals surface area contributed by atoms with Crippen LogP contribution in [0.4, 0.5) is 0 Å². The zero-order valence-corrected chi connectivity index (χ0v) is 25.7. The standard InChI is InChI=1S/C42H34BN/c1-27-5-19-39-35(23-27)36-24-28(2)6-20-40(36)43(39)33-15-11-31(12-16-33)9-10-32-13-17-34(18-14-32)44-41-21-7-29(3)25-37(41)38-26-30(4)8-22-42(38)44/h5-26H,1-4H3/b10-9+. The smallest absolute Gasteiger partial charge is 0.242 e. The highest BCUT2D eigenvalue weighted by atomic mass is 15.0. The summed E-state index contributed by atoms with van der Waals surface area (Å²) in [7, 11) is 0. The Labute approximate surface area is 260 Å². The molecule has 0 amide bonds. The summed E-state index contributed by atoms with van der Waals surface area (Å²) in [6, 6.07) is 45.4. The van der Waals surface area contributed by atoms with Gasteiger partial charge in [0.25, 0.3) is 0 Å². The van der Waals surface area contributed by atoms with E-state index in [2.05, 4.69) is 166 Å². The first-order valence-electron chi connectivity index (χ1n) is 15.5. The van der Waals surface area contributed by atoms with Crippen LogP contribution in [0.1, 0.15) is 33.4 Å². The lowest BCUT2D eigenvalue weighted by Crippen LogP contribution is -2.48. The highest BCUT2D eigenvalue weighted by molar-refractivity contribution is 6.99. The van der Waals surface area contributed by atoms with Crippen LogP contribution in [0.5, 0.6) is 0 Å². The molecule has 0 fully saturated rings. The number of aryl methyl sites for hydroxylation is 4. The molecule has 0 bridgehead atoms. The van der Waals surface area contributed by atoms with Gasteiger partial charge in [0, 0.05) is 16.5 Å². The Bertz CT molecular complexity index is 2140. The Hall–Kier alpha value is -5.08. The van der Waals surface area contributed by atoms with Gasteiger partial charge in [0.1, 0.15) is 0 Å². The first kappa shape index (κ1) is 26.5. The molecule has 0 radical (unpaired) electrons. The molecule has 0 saturated heterocycles.